The van der Waals surface area contributed by atoms with Gasteiger partial charge in [-0.3, -0.25) is 0 Å². The summed E-state index contributed by atoms with van der Waals surface area (Å²) < 4.78 is 4.99. The second kappa shape index (κ2) is 5.76. The van der Waals surface area contributed by atoms with Crippen molar-refractivity contribution in [3.05, 3.63) is 47.5 Å². The monoisotopic (exact) mass is 382 g/mol. The average Bonchev–Trinajstić information content (AvgIpc) is 2.76. The molecule has 0 aliphatic carbocycles. The van der Waals surface area contributed by atoms with Crippen molar-refractivity contribution in [1.82, 2.24) is 0 Å². The molecule has 3 rings (SSSR count). The van der Waals surface area contributed by atoms with Gasteiger partial charge in [0.15, 0.2) is 0 Å². The number of hydrogen-bond donors (Lipinski definition) is 0. The Morgan fingerprint density at radius 1 is 0.792 bits per heavy atom. The van der Waals surface area contributed by atoms with Crippen molar-refractivity contribution in [2.45, 2.75) is 70.3 Å². The maximum absolute atomic E-state index is 2.49. The zero-order chi connectivity index (χ0) is 17.9. The minimum atomic E-state index is -2.48. The van der Waals surface area contributed by atoms with E-state index in [0.29, 0.717) is 0 Å². The van der Waals surface area contributed by atoms with Gasteiger partial charge in [-0.05, 0) is 0 Å². The van der Waals surface area contributed by atoms with Crippen LogP contribution in [0.15, 0.2) is 36.4 Å². The molecule has 0 nitrogen and oxygen atoms in total. The first-order chi connectivity index (χ1) is 11.1. The summed E-state index contributed by atoms with van der Waals surface area (Å²) >= 11 is -2.48. The molecule has 0 atom stereocenters. The van der Waals surface area contributed by atoms with Gasteiger partial charge < -0.3 is 0 Å². The summed E-state index contributed by atoms with van der Waals surface area (Å²) in [4.78, 5) is 0. The van der Waals surface area contributed by atoms with Crippen LogP contribution in [-0.4, -0.2) is 13.3 Å². The summed E-state index contributed by atoms with van der Waals surface area (Å²) in [7, 11) is 0. The number of rotatable bonds is 2. The van der Waals surface area contributed by atoms with Crippen LogP contribution in [0.5, 0.6) is 0 Å². The molecule has 1 heterocycles. The summed E-state index contributed by atoms with van der Waals surface area (Å²) in [6, 6.07) is 14.1. The first-order valence-electron chi connectivity index (χ1n) is 9.37. The van der Waals surface area contributed by atoms with Crippen molar-refractivity contribution in [3.63, 3.8) is 0 Å². The van der Waals surface area contributed by atoms with E-state index in [-0.39, 0.29) is 5.41 Å². The molecule has 0 bridgehead atoms. The van der Waals surface area contributed by atoms with Gasteiger partial charge >= 0.3 is 151 Å². The quantitative estimate of drug-likeness (QED) is 0.590. The number of fused-ring (bicyclic) bond motifs is 3. The molecule has 2 aromatic carbocycles. The molecule has 24 heavy (non-hydrogen) atoms. The summed E-state index contributed by atoms with van der Waals surface area (Å²) in [5, 5.41) is 0. The summed E-state index contributed by atoms with van der Waals surface area (Å²) in [5.41, 5.74) is 6.38. The molecule has 0 unspecified atom stereocenters. The van der Waals surface area contributed by atoms with E-state index in [1.165, 1.54) is 11.1 Å². The van der Waals surface area contributed by atoms with Crippen LogP contribution < -0.4 is 8.79 Å². The summed E-state index contributed by atoms with van der Waals surface area (Å²) in [5.74, 6) is 0. The molecule has 0 N–H and O–H groups in total. The van der Waals surface area contributed by atoms with E-state index in [2.05, 4.69) is 91.8 Å². The summed E-state index contributed by atoms with van der Waals surface area (Å²) in [6.07, 6.45) is 0. The molecule has 0 saturated carbocycles. The van der Waals surface area contributed by atoms with Crippen LogP contribution in [-0.2, 0) is 5.41 Å². The third-order valence-corrected chi connectivity index (χ3v) is 19.3. The van der Waals surface area contributed by atoms with Crippen LogP contribution in [0, 0.1) is 6.92 Å². The first kappa shape index (κ1) is 17.8. The maximum atomic E-state index is 2.49. The van der Waals surface area contributed by atoms with Crippen molar-refractivity contribution in [2.75, 3.05) is 0 Å². The molecule has 1 heteroatoms. The van der Waals surface area contributed by atoms with Gasteiger partial charge in [0.05, 0.1) is 0 Å². The molecular formula is C23H32Ge. The first-order valence-corrected chi connectivity index (χ1v) is 13.9. The molecule has 1 aliphatic rings. The van der Waals surface area contributed by atoms with Gasteiger partial charge in [-0.2, -0.15) is 0 Å². The predicted octanol–water partition coefficient (Wildman–Crippen LogP) is 5.66. The van der Waals surface area contributed by atoms with Crippen LogP contribution in [0.2, 0.25) is 9.50 Å². The van der Waals surface area contributed by atoms with E-state index in [1.54, 1.807) is 19.9 Å². The third-order valence-electron chi connectivity index (χ3n) is 6.06. The molecule has 0 aromatic heterocycles. The Balaban J connectivity index is 2.54. The van der Waals surface area contributed by atoms with Gasteiger partial charge in [-0.15, -0.1) is 0 Å². The van der Waals surface area contributed by atoms with Crippen molar-refractivity contribution in [1.29, 1.82) is 0 Å². The topological polar surface area (TPSA) is 0 Å². The van der Waals surface area contributed by atoms with E-state index in [1.807, 2.05) is 0 Å². The van der Waals surface area contributed by atoms with E-state index in [4.69, 9.17) is 0 Å². The number of aryl methyl sites for hydroxylation is 1. The fourth-order valence-corrected chi connectivity index (χ4v) is 19.4. The minimum absolute atomic E-state index is 0.192. The molecule has 1 aliphatic heterocycles. The van der Waals surface area contributed by atoms with Crippen LogP contribution in [0.4, 0.5) is 0 Å². The van der Waals surface area contributed by atoms with Gasteiger partial charge in [0.2, 0.25) is 0 Å². The van der Waals surface area contributed by atoms with Crippen molar-refractivity contribution >= 4 is 22.1 Å². The Bertz CT molecular complexity index is 767. The van der Waals surface area contributed by atoms with E-state index < -0.39 is 13.3 Å². The Morgan fingerprint density at radius 2 is 1.38 bits per heavy atom. The third kappa shape index (κ3) is 2.25. The Morgan fingerprint density at radius 3 is 1.92 bits per heavy atom. The Hall–Kier alpha value is -1.02. The molecule has 2 aromatic rings. The summed E-state index contributed by atoms with van der Waals surface area (Å²) in [6.45, 7) is 19.4. The van der Waals surface area contributed by atoms with Crippen molar-refractivity contribution in [2.24, 2.45) is 0 Å². The Kier molecular flexibility index (Phi) is 4.27. The molecular weight excluding hydrogens is 349 g/mol. The molecule has 0 saturated heterocycles. The van der Waals surface area contributed by atoms with Crippen molar-refractivity contribution < 1.29 is 0 Å². The normalized spacial score (nSPS) is 15.8. The number of hydrogen-bond acceptors (Lipinski definition) is 0. The molecule has 0 radical (unpaired) electrons. The second-order valence-electron chi connectivity index (χ2n) is 9.15. The zero-order valence-electron chi connectivity index (χ0n) is 16.6. The van der Waals surface area contributed by atoms with Crippen LogP contribution >= 0.6 is 0 Å². The molecule has 0 spiro atoms. The van der Waals surface area contributed by atoms with E-state index in [9.17, 15) is 0 Å². The van der Waals surface area contributed by atoms with Gasteiger partial charge in [0, 0.05) is 0 Å². The van der Waals surface area contributed by atoms with Crippen molar-refractivity contribution in [3.8, 4) is 11.1 Å². The van der Waals surface area contributed by atoms with Gasteiger partial charge in [-0.1, -0.05) is 0 Å². The van der Waals surface area contributed by atoms with E-state index in [0.717, 1.165) is 9.50 Å². The predicted molar refractivity (Wildman–Crippen MR) is 111 cm³/mol. The SMILES string of the molecule is Cc1ccc2[c](c1C(C)(C)C)[Ge]([CH](C)C)([CH](C)C)[c]1ccccc1-2. The molecule has 0 amide bonds. The fourth-order valence-electron chi connectivity index (χ4n) is 5.41. The van der Waals surface area contributed by atoms with Crippen LogP contribution in [0.1, 0.15) is 59.6 Å². The Labute approximate surface area is 151 Å². The van der Waals surface area contributed by atoms with Crippen LogP contribution in [0.3, 0.4) is 0 Å². The van der Waals surface area contributed by atoms with Gasteiger partial charge in [-0.25, -0.2) is 0 Å². The average molecular weight is 381 g/mol. The number of benzene rings is 2. The van der Waals surface area contributed by atoms with Gasteiger partial charge in [0.1, 0.15) is 0 Å². The second-order valence-corrected chi connectivity index (χ2v) is 19.8. The van der Waals surface area contributed by atoms with Crippen LogP contribution in [0.25, 0.3) is 11.1 Å². The van der Waals surface area contributed by atoms with E-state index >= 15 is 0 Å². The standard InChI is InChI=1S/C23H32Ge/c1-15(2)24(16(3)4)20-12-10-9-11-18(20)19-14-13-17(5)21(22(19)24)23(6,7)8/h9-16H,1-8H3. The molecule has 128 valence electrons. The fraction of sp³-hybridized carbons (Fsp3) is 0.478. The molecule has 0 fully saturated rings. The van der Waals surface area contributed by atoms with Gasteiger partial charge in [0.25, 0.3) is 0 Å². The zero-order valence-corrected chi connectivity index (χ0v) is 18.7.